The summed E-state index contributed by atoms with van der Waals surface area (Å²) < 4.78 is 10.3. The number of amidine groups is 1. The van der Waals surface area contributed by atoms with E-state index in [1.807, 2.05) is 0 Å². The molecule has 0 unspecified atom stereocenters. The molecule has 0 bridgehead atoms. The quantitative estimate of drug-likeness (QED) is 0.390. The molecule has 0 fully saturated rings. The molecule has 1 aromatic carbocycles. The number of aromatic nitrogens is 1. The minimum Gasteiger partial charge on any atom is -0.496 e. The van der Waals surface area contributed by atoms with Crippen molar-refractivity contribution in [2.24, 2.45) is 10.9 Å². The minimum atomic E-state index is -0.735. The lowest BCUT2D eigenvalue weighted by Gasteiger charge is -2.10. The Morgan fingerprint density at radius 3 is 2.36 bits per heavy atom. The van der Waals surface area contributed by atoms with Gasteiger partial charge in [0.1, 0.15) is 17.1 Å². The molecule has 0 radical (unpaired) electrons. The first-order valence-corrected chi connectivity index (χ1v) is 6.33. The molecule has 0 saturated heterocycles. The van der Waals surface area contributed by atoms with Crippen LogP contribution in [0.25, 0.3) is 0 Å². The summed E-state index contributed by atoms with van der Waals surface area (Å²) >= 11 is 0. The van der Waals surface area contributed by atoms with Crippen LogP contribution in [0.3, 0.4) is 0 Å². The van der Waals surface area contributed by atoms with E-state index in [-0.39, 0.29) is 11.4 Å². The van der Waals surface area contributed by atoms with Crippen LogP contribution < -0.4 is 15.2 Å². The van der Waals surface area contributed by atoms with Crippen molar-refractivity contribution in [3.8, 4) is 11.5 Å². The zero-order chi connectivity index (χ0) is 15.9. The highest BCUT2D eigenvalue weighted by Gasteiger charge is 2.20. The summed E-state index contributed by atoms with van der Waals surface area (Å²) in [6.07, 6.45) is 3.11. The van der Waals surface area contributed by atoms with Gasteiger partial charge in [-0.05, 0) is 24.3 Å². The van der Waals surface area contributed by atoms with Crippen molar-refractivity contribution in [3.63, 3.8) is 0 Å². The van der Waals surface area contributed by atoms with Crippen LogP contribution in [0, 0.1) is 0 Å². The fourth-order valence-electron chi connectivity index (χ4n) is 1.76. The van der Waals surface area contributed by atoms with E-state index in [4.69, 9.17) is 20.0 Å². The van der Waals surface area contributed by atoms with Gasteiger partial charge in [0.15, 0.2) is 5.84 Å². The second-order valence-corrected chi connectivity index (χ2v) is 4.13. The molecule has 2 aromatic rings. The molecule has 2 rings (SSSR count). The van der Waals surface area contributed by atoms with Crippen LogP contribution in [-0.4, -0.2) is 31.0 Å². The minimum absolute atomic E-state index is 0.0373. The molecular formula is C15H15N3O4. The molecule has 0 aliphatic rings. The van der Waals surface area contributed by atoms with Crippen molar-refractivity contribution in [1.82, 2.24) is 4.98 Å². The summed E-state index contributed by atoms with van der Waals surface area (Å²) in [7, 11) is 2.89. The number of rotatable bonds is 5. The van der Waals surface area contributed by atoms with E-state index in [2.05, 4.69) is 10.1 Å². The first-order chi connectivity index (χ1) is 10.7. The van der Waals surface area contributed by atoms with Crippen molar-refractivity contribution in [2.45, 2.75) is 0 Å². The van der Waals surface area contributed by atoms with Gasteiger partial charge in [-0.15, -0.1) is 0 Å². The Balaban J connectivity index is 2.23. The number of ether oxygens (including phenoxy) is 2. The number of hydrogen-bond donors (Lipinski definition) is 1. The zero-order valence-corrected chi connectivity index (χ0v) is 12.1. The number of carbonyl (C=O) groups excluding carboxylic acids is 1. The Morgan fingerprint density at radius 2 is 1.82 bits per heavy atom. The molecule has 0 saturated carbocycles. The second kappa shape index (κ2) is 7.07. The lowest BCUT2D eigenvalue weighted by molar-refractivity contribution is 0.0508. The van der Waals surface area contributed by atoms with Gasteiger partial charge in [-0.3, -0.25) is 4.98 Å². The molecule has 7 heteroatoms. The van der Waals surface area contributed by atoms with Crippen LogP contribution >= 0.6 is 0 Å². The van der Waals surface area contributed by atoms with Crippen molar-refractivity contribution in [1.29, 1.82) is 0 Å². The maximum Gasteiger partial charge on any atom is 0.373 e. The predicted molar refractivity (Wildman–Crippen MR) is 79.9 cm³/mol. The number of benzene rings is 1. The van der Waals surface area contributed by atoms with Crippen molar-refractivity contribution in [3.05, 3.63) is 53.9 Å². The van der Waals surface area contributed by atoms with Gasteiger partial charge in [0.25, 0.3) is 0 Å². The van der Waals surface area contributed by atoms with E-state index in [9.17, 15) is 4.79 Å². The molecule has 114 valence electrons. The van der Waals surface area contributed by atoms with Crippen LogP contribution in [0.5, 0.6) is 11.5 Å². The average Bonchev–Trinajstić information content (AvgIpc) is 2.59. The van der Waals surface area contributed by atoms with Crippen LogP contribution in [0.15, 0.2) is 47.9 Å². The van der Waals surface area contributed by atoms with Gasteiger partial charge in [-0.2, -0.15) is 0 Å². The smallest absolute Gasteiger partial charge is 0.373 e. The summed E-state index contributed by atoms with van der Waals surface area (Å²) in [4.78, 5) is 20.9. The van der Waals surface area contributed by atoms with Gasteiger partial charge in [0, 0.05) is 18.0 Å². The lowest BCUT2D eigenvalue weighted by atomic mass is 10.2. The van der Waals surface area contributed by atoms with E-state index < -0.39 is 5.97 Å². The predicted octanol–water partition coefficient (Wildman–Crippen LogP) is 1.58. The first kappa shape index (κ1) is 15.3. The number of nitrogens with zero attached hydrogens (tertiary/aromatic N) is 2. The third-order valence-electron chi connectivity index (χ3n) is 2.82. The number of carbonyl (C=O) groups is 1. The molecule has 0 spiro atoms. The molecule has 2 N–H and O–H groups in total. The Hall–Kier alpha value is -3.09. The first-order valence-electron chi connectivity index (χ1n) is 6.33. The average molecular weight is 301 g/mol. The number of hydrogen-bond acceptors (Lipinski definition) is 6. The number of nitrogens with two attached hydrogens (primary N) is 1. The van der Waals surface area contributed by atoms with E-state index in [1.165, 1.54) is 20.4 Å². The second-order valence-electron chi connectivity index (χ2n) is 4.13. The third kappa shape index (κ3) is 3.32. The zero-order valence-electron chi connectivity index (χ0n) is 12.1. The van der Waals surface area contributed by atoms with Gasteiger partial charge in [-0.1, -0.05) is 11.2 Å². The number of methoxy groups -OCH3 is 2. The maximum absolute atomic E-state index is 12.2. The Morgan fingerprint density at radius 1 is 1.14 bits per heavy atom. The number of oxime groups is 1. The van der Waals surface area contributed by atoms with Crippen LogP contribution in [0.2, 0.25) is 0 Å². The summed E-state index contributed by atoms with van der Waals surface area (Å²) in [5, 5.41) is 3.62. The van der Waals surface area contributed by atoms with Crippen molar-refractivity contribution >= 4 is 11.8 Å². The molecular weight excluding hydrogens is 286 g/mol. The molecule has 0 aliphatic heterocycles. The largest absolute Gasteiger partial charge is 0.496 e. The van der Waals surface area contributed by atoms with Gasteiger partial charge >= 0.3 is 5.97 Å². The summed E-state index contributed by atoms with van der Waals surface area (Å²) in [5.74, 6) is -0.0598. The van der Waals surface area contributed by atoms with Crippen LogP contribution in [0.4, 0.5) is 0 Å². The van der Waals surface area contributed by atoms with Gasteiger partial charge in [-0.25, -0.2) is 4.79 Å². The fraction of sp³-hybridized carbons (Fsp3) is 0.133. The summed E-state index contributed by atoms with van der Waals surface area (Å²) in [5.41, 5.74) is 6.41. The normalized spacial score (nSPS) is 10.9. The number of pyridine rings is 1. The molecule has 0 atom stereocenters. The van der Waals surface area contributed by atoms with E-state index in [0.717, 1.165) is 0 Å². The Kier molecular flexibility index (Phi) is 4.92. The third-order valence-corrected chi connectivity index (χ3v) is 2.82. The Bertz CT molecular complexity index is 664. The molecule has 7 nitrogen and oxygen atoms in total. The van der Waals surface area contributed by atoms with Crippen LogP contribution in [-0.2, 0) is 4.84 Å². The Labute approximate surface area is 127 Å². The van der Waals surface area contributed by atoms with Gasteiger partial charge in [0.2, 0.25) is 0 Å². The lowest BCUT2D eigenvalue weighted by Crippen LogP contribution is -2.16. The van der Waals surface area contributed by atoms with Crippen molar-refractivity contribution in [2.75, 3.05) is 14.2 Å². The highest BCUT2D eigenvalue weighted by atomic mass is 16.7. The SMILES string of the molecule is COc1cccc(OC)c1C(=O)ON=C(N)c1cccnc1. The fourth-order valence-corrected chi connectivity index (χ4v) is 1.76. The van der Waals surface area contributed by atoms with E-state index >= 15 is 0 Å². The summed E-state index contributed by atoms with van der Waals surface area (Å²) in [6, 6.07) is 8.33. The van der Waals surface area contributed by atoms with E-state index in [0.29, 0.717) is 17.1 Å². The molecule has 0 amide bonds. The van der Waals surface area contributed by atoms with Crippen LogP contribution in [0.1, 0.15) is 15.9 Å². The highest BCUT2D eigenvalue weighted by Crippen LogP contribution is 2.28. The standard InChI is InChI=1S/C15H15N3O4/c1-20-11-6-3-7-12(21-2)13(11)15(19)22-18-14(16)10-5-4-8-17-9-10/h3-9H,1-2H3,(H2,16,18). The summed E-state index contributed by atoms with van der Waals surface area (Å²) in [6.45, 7) is 0. The van der Waals surface area contributed by atoms with E-state index in [1.54, 1.807) is 36.5 Å². The van der Waals surface area contributed by atoms with Gasteiger partial charge in [0.05, 0.1) is 14.2 Å². The molecule has 0 aliphatic carbocycles. The molecule has 1 aromatic heterocycles. The van der Waals surface area contributed by atoms with Crippen molar-refractivity contribution < 1.29 is 19.1 Å². The monoisotopic (exact) mass is 301 g/mol. The molecule has 22 heavy (non-hydrogen) atoms. The maximum atomic E-state index is 12.2. The van der Waals surface area contributed by atoms with Gasteiger partial charge < -0.3 is 20.0 Å². The molecule has 1 heterocycles. The highest BCUT2D eigenvalue weighted by molar-refractivity contribution is 5.99. The topological polar surface area (TPSA) is 96.0 Å².